The van der Waals surface area contributed by atoms with Crippen molar-refractivity contribution in [2.24, 2.45) is 0 Å². The van der Waals surface area contributed by atoms with Crippen LogP contribution in [-0.2, 0) is 10.5 Å². The number of anilines is 1. The molecule has 1 atom stereocenters. The Balaban J connectivity index is 1.65. The highest BCUT2D eigenvalue weighted by atomic mass is 35.5. The van der Waals surface area contributed by atoms with Gasteiger partial charge in [-0.25, -0.2) is 9.88 Å². The molecule has 0 saturated heterocycles. The standard InChI is InChI=1S/C28H23ClN4O3S/c1-3-15-36-21-11-8-10-19(16-21)27-32(18(2)34)24-14-7-5-12-22(24)25-26(35)30-28(31-33(25)27)37-17-20-9-4-6-13-23(20)29/h3-14,16,27H,1,15,17H2,2H3. The molecule has 0 fully saturated rings. The van der Waals surface area contributed by atoms with Crippen LogP contribution in [0.5, 0.6) is 11.6 Å². The van der Waals surface area contributed by atoms with E-state index < -0.39 is 12.0 Å². The lowest BCUT2D eigenvalue weighted by Crippen LogP contribution is -2.58. The lowest BCUT2D eigenvalue weighted by molar-refractivity contribution is -0.764. The average Bonchev–Trinajstić information content (AvgIpc) is 2.90. The van der Waals surface area contributed by atoms with Crippen LogP contribution in [0.3, 0.4) is 0 Å². The highest BCUT2D eigenvalue weighted by Crippen LogP contribution is 2.41. The van der Waals surface area contributed by atoms with Gasteiger partial charge in [-0.15, -0.1) is 0 Å². The van der Waals surface area contributed by atoms with Crippen LogP contribution in [0.1, 0.15) is 24.2 Å². The molecule has 186 valence electrons. The minimum atomic E-state index is -0.718. The quantitative estimate of drug-likeness (QED) is 0.191. The molecular formula is C28H23ClN4O3S. The minimum Gasteiger partial charge on any atom is -0.854 e. The maximum atomic E-state index is 13.4. The van der Waals surface area contributed by atoms with E-state index >= 15 is 0 Å². The Morgan fingerprint density at radius 1 is 1.19 bits per heavy atom. The fourth-order valence-corrected chi connectivity index (χ4v) is 5.43. The third-order valence-corrected chi connectivity index (χ3v) is 7.15. The van der Waals surface area contributed by atoms with Crippen LogP contribution < -0.4 is 19.4 Å². The predicted molar refractivity (Wildman–Crippen MR) is 142 cm³/mol. The molecule has 1 amide bonds. The summed E-state index contributed by atoms with van der Waals surface area (Å²) in [5.41, 5.74) is 3.18. The topological polar surface area (TPSA) is 82.3 Å². The second kappa shape index (κ2) is 10.6. The number of aromatic nitrogens is 3. The van der Waals surface area contributed by atoms with Gasteiger partial charge in [-0.3, -0.25) is 4.79 Å². The molecule has 1 unspecified atom stereocenters. The van der Waals surface area contributed by atoms with Crippen molar-refractivity contribution in [1.29, 1.82) is 0 Å². The molecule has 0 aliphatic carbocycles. The minimum absolute atomic E-state index is 0.190. The summed E-state index contributed by atoms with van der Waals surface area (Å²) >= 11 is 7.63. The van der Waals surface area contributed by atoms with Gasteiger partial charge in [-0.05, 0) is 42.0 Å². The summed E-state index contributed by atoms with van der Waals surface area (Å²) in [5.74, 6) is 0.494. The maximum absolute atomic E-state index is 13.4. The van der Waals surface area contributed by atoms with E-state index in [1.807, 2.05) is 66.7 Å². The fourth-order valence-electron chi connectivity index (χ4n) is 4.31. The Bertz CT molecular complexity index is 1500. The van der Waals surface area contributed by atoms with Crippen molar-refractivity contribution >= 4 is 35.0 Å². The largest absolute Gasteiger partial charge is 0.854 e. The summed E-state index contributed by atoms with van der Waals surface area (Å²) in [6, 6.07) is 22.2. The van der Waals surface area contributed by atoms with Crippen molar-refractivity contribution in [3.8, 4) is 22.9 Å². The predicted octanol–water partition coefficient (Wildman–Crippen LogP) is 4.93. The number of benzene rings is 3. The van der Waals surface area contributed by atoms with E-state index in [1.165, 1.54) is 18.7 Å². The maximum Gasteiger partial charge on any atom is 0.293 e. The first kappa shape index (κ1) is 24.8. The highest BCUT2D eigenvalue weighted by Gasteiger charge is 2.44. The number of nitrogens with zero attached hydrogens (tertiary/aromatic N) is 4. The van der Waals surface area contributed by atoms with Gasteiger partial charge in [0.2, 0.25) is 5.91 Å². The molecule has 5 rings (SSSR count). The summed E-state index contributed by atoms with van der Waals surface area (Å²) in [7, 11) is 0. The van der Waals surface area contributed by atoms with E-state index in [0.717, 1.165) is 11.1 Å². The summed E-state index contributed by atoms with van der Waals surface area (Å²) in [5, 5.41) is 19.1. The van der Waals surface area contributed by atoms with Crippen LogP contribution in [0.2, 0.25) is 5.02 Å². The van der Waals surface area contributed by atoms with Gasteiger partial charge in [0.25, 0.3) is 17.0 Å². The number of para-hydroxylation sites is 1. The van der Waals surface area contributed by atoms with Crippen molar-refractivity contribution in [2.75, 3.05) is 11.5 Å². The van der Waals surface area contributed by atoms with Crippen molar-refractivity contribution in [3.63, 3.8) is 0 Å². The number of amides is 1. The number of carbonyl (C=O) groups excluding carboxylic acids is 1. The normalized spacial score (nSPS) is 14.0. The molecule has 7 nitrogen and oxygen atoms in total. The zero-order valence-corrected chi connectivity index (χ0v) is 21.6. The van der Waals surface area contributed by atoms with Crippen LogP contribution in [0.25, 0.3) is 11.3 Å². The molecule has 0 N–H and O–H groups in total. The van der Waals surface area contributed by atoms with E-state index in [9.17, 15) is 9.90 Å². The molecular weight excluding hydrogens is 508 g/mol. The molecule has 2 heterocycles. The first-order chi connectivity index (χ1) is 18.0. The van der Waals surface area contributed by atoms with Crippen molar-refractivity contribution < 1.29 is 19.3 Å². The highest BCUT2D eigenvalue weighted by molar-refractivity contribution is 7.98. The van der Waals surface area contributed by atoms with Crippen molar-refractivity contribution in [2.45, 2.75) is 24.0 Å². The van der Waals surface area contributed by atoms with Gasteiger partial charge in [-0.2, -0.15) is 0 Å². The monoisotopic (exact) mass is 530 g/mol. The van der Waals surface area contributed by atoms with Crippen LogP contribution in [-0.4, -0.2) is 22.6 Å². The molecule has 37 heavy (non-hydrogen) atoms. The van der Waals surface area contributed by atoms with Gasteiger partial charge in [0.1, 0.15) is 12.4 Å². The van der Waals surface area contributed by atoms with Crippen molar-refractivity contribution in [1.82, 2.24) is 10.1 Å². The van der Waals surface area contributed by atoms with Gasteiger partial charge in [0.15, 0.2) is 0 Å². The van der Waals surface area contributed by atoms with E-state index in [-0.39, 0.29) is 5.91 Å². The number of fused-ring (bicyclic) bond motifs is 3. The smallest absolute Gasteiger partial charge is 0.293 e. The van der Waals surface area contributed by atoms with Crippen LogP contribution >= 0.6 is 23.4 Å². The zero-order chi connectivity index (χ0) is 25.9. The van der Waals surface area contributed by atoms with Gasteiger partial charge < -0.3 is 9.84 Å². The Labute approximate surface area is 224 Å². The number of thioether (sulfide) groups is 1. The third-order valence-electron chi connectivity index (χ3n) is 5.90. The zero-order valence-electron chi connectivity index (χ0n) is 20.0. The lowest BCUT2D eigenvalue weighted by atomic mass is 10.0. The number of carbonyl (C=O) groups is 1. The second-order valence-corrected chi connectivity index (χ2v) is 9.67. The lowest BCUT2D eigenvalue weighted by Gasteiger charge is -2.33. The molecule has 9 heteroatoms. The molecule has 1 aliphatic rings. The summed E-state index contributed by atoms with van der Waals surface area (Å²) in [6.07, 6.45) is 0.944. The Kier molecular flexibility index (Phi) is 7.12. The van der Waals surface area contributed by atoms with Crippen LogP contribution in [0.4, 0.5) is 5.69 Å². The first-order valence-electron chi connectivity index (χ1n) is 11.6. The molecule has 3 aromatic carbocycles. The molecule has 0 saturated carbocycles. The number of hydrogen-bond donors (Lipinski definition) is 0. The summed E-state index contributed by atoms with van der Waals surface area (Å²) in [6.45, 7) is 5.54. The summed E-state index contributed by atoms with van der Waals surface area (Å²) in [4.78, 5) is 19.0. The van der Waals surface area contributed by atoms with E-state index in [4.69, 9.17) is 21.4 Å². The number of rotatable bonds is 7. The summed E-state index contributed by atoms with van der Waals surface area (Å²) < 4.78 is 7.34. The average molecular weight is 531 g/mol. The van der Waals surface area contributed by atoms with E-state index in [1.54, 1.807) is 21.7 Å². The molecule has 0 radical (unpaired) electrons. The van der Waals surface area contributed by atoms with Gasteiger partial charge >= 0.3 is 0 Å². The van der Waals surface area contributed by atoms with Crippen LogP contribution in [0, 0.1) is 0 Å². The van der Waals surface area contributed by atoms with Crippen LogP contribution in [0.15, 0.2) is 90.6 Å². The van der Waals surface area contributed by atoms with Gasteiger partial charge in [0.05, 0.1) is 17.1 Å². The second-order valence-electron chi connectivity index (χ2n) is 8.32. The van der Waals surface area contributed by atoms with E-state index in [2.05, 4.69) is 11.6 Å². The molecule has 1 aliphatic heterocycles. The Morgan fingerprint density at radius 3 is 2.76 bits per heavy atom. The van der Waals surface area contributed by atoms with E-state index in [0.29, 0.717) is 45.2 Å². The molecule has 0 spiro atoms. The van der Waals surface area contributed by atoms with Crippen molar-refractivity contribution in [3.05, 3.63) is 102 Å². The number of hydrogen-bond acceptors (Lipinski definition) is 6. The van der Waals surface area contributed by atoms with Gasteiger partial charge in [-0.1, -0.05) is 77.1 Å². The molecule has 1 aromatic heterocycles. The number of ether oxygens (including phenoxy) is 1. The number of halogens is 1. The Morgan fingerprint density at radius 2 is 1.97 bits per heavy atom. The third kappa shape index (κ3) is 4.90. The molecule has 4 aromatic rings. The Hall–Kier alpha value is -3.88. The molecule has 0 bridgehead atoms. The van der Waals surface area contributed by atoms with Gasteiger partial charge in [0, 0.05) is 28.4 Å². The fraction of sp³-hybridized carbons (Fsp3) is 0.143. The SMILES string of the molecule is C=CCOc1cccc(C2N(C(C)=O)c3ccccc3-c3c([O-])nc(SCc4ccccc4Cl)n[n+]32)c1. The first-order valence-corrected chi connectivity index (χ1v) is 12.9.